The van der Waals surface area contributed by atoms with Crippen LogP contribution in [0.2, 0.25) is 0 Å². The van der Waals surface area contributed by atoms with Crippen molar-refractivity contribution >= 4 is 5.97 Å². The van der Waals surface area contributed by atoms with Crippen molar-refractivity contribution in [3.8, 4) is 0 Å². The molecule has 0 aliphatic carbocycles. The van der Waals surface area contributed by atoms with Gasteiger partial charge in [0.05, 0.1) is 6.42 Å². The Bertz CT molecular complexity index is 179. The molecule has 1 saturated heterocycles. The highest BCUT2D eigenvalue weighted by molar-refractivity contribution is 5.66. The van der Waals surface area contributed by atoms with E-state index in [9.17, 15) is 4.79 Å². The van der Waals surface area contributed by atoms with E-state index in [1.165, 1.54) is 12.8 Å². The first kappa shape index (κ1) is 10.5. The summed E-state index contributed by atoms with van der Waals surface area (Å²) in [4.78, 5) is 12.6. The highest BCUT2D eigenvalue weighted by Gasteiger charge is 2.25. The van der Waals surface area contributed by atoms with Crippen LogP contribution < -0.4 is 0 Å². The van der Waals surface area contributed by atoms with Crippen LogP contribution in [-0.4, -0.2) is 35.6 Å². The number of carboxylic acids is 1. The number of carboxylic acid groups (broad SMARTS) is 1. The molecule has 1 aliphatic rings. The molecule has 0 aromatic rings. The lowest BCUT2D eigenvalue weighted by Crippen LogP contribution is -2.38. The third-order valence-electron chi connectivity index (χ3n) is 2.85. The molecule has 1 aliphatic heterocycles. The topological polar surface area (TPSA) is 40.5 Å². The minimum Gasteiger partial charge on any atom is -0.481 e. The van der Waals surface area contributed by atoms with E-state index < -0.39 is 5.97 Å². The summed E-state index contributed by atoms with van der Waals surface area (Å²) in [5.74, 6) is -0.690. The van der Waals surface area contributed by atoms with Crippen molar-refractivity contribution in [1.29, 1.82) is 0 Å². The van der Waals surface area contributed by atoms with E-state index in [1.807, 2.05) is 0 Å². The molecule has 76 valence electrons. The van der Waals surface area contributed by atoms with Gasteiger partial charge in [-0.25, -0.2) is 0 Å². The van der Waals surface area contributed by atoms with E-state index in [1.54, 1.807) is 0 Å². The summed E-state index contributed by atoms with van der Waals surface area (Å²) < 4.78 is 0. The van der Waals surface area contributed by atoms with Crippen LogP contribution in [0.5, 0.6) is 0 Å². The fourth-order valence-electron chi connectivity index (χ4n) is 1.64. The minimum absolute atomic E-state index is 0.278. The first-order chi connectivity index (χ1) is 5.99. The van der Waals surface area contributed by atoms with E-state index in [-0.39, 0.29) is 6.42 Å². The molecule has 1 fully saturated rings. The maximum absolute atomic E-state index is 10.3. The smallest absolute Gasteiger partial charge is 0.304 e. The van der Waals surface area contributed by atoms with Crippen molar-refractivity contribution in [2.45, 2.75) is 33.1 Å². The largest absolute Gasteiger partial charge is 0.481 e. The van der Waals surface area contributed by atoms with Crippen LogP contribution in [0.1, 0.15) is 33.1 Å². The molecule has 0 radical (unpaired) electrons. The van der Waals surface area contributed by atoms with Gasteiger partial charge in [0.25, 0.3) is 0 Å². The molecule has 0 saturated carbocycles. The van der Waals surface area contributed by atoms with Gasteiger partial charge in [-0.15, -0.1) is 0 Å². The fourth-order valence-corrected chi connectivity index (χ4v) is 1.64. The van der Waals surface area contributed by atoms with Gasteiger partial charge in [-0.1, -0.05) is 13.8 Å². The van der Waals surface area contributed by atoms with Crippen molar-refractivity contribution < 1.29 is 9.90 Å². The molecular formula is C10H19NO2. The highest BCUT2D eigenvalue weighted by Crippen LogP contribution is 2.29. The Balaban J connectivity index is 2.21. The van der Waals surface area contributed by atoms with Crippen molar-refractivity contribution in [3.63, 3.8) is 0 Å². The Morgan fingerprint density at radius 2 is 1.92 bits per heavy atom. The van der Waals surface area contributed by atoms with Crippen LogP contribution in [0, 0.1) is 5.41 Å². The van der Waals surface area contributed by atoms with Gasteiger partial charge >= 0.3 is 5.97 Å². The summed E-state index contributed by atoms with van der Waals surface area (Å²) in [7, 11) is 0. The zero-order chi connectivity index (χ0) is 9.90. The van der Waals surface area contributed by atoms with Crippen molar-refractivity contribution in [2.24, 2.45) is 5.41 Å². The number of carbonyl (C=O) groups is 1. The first-order valence-corrected chi connectivity index (χ1v) is 4.94. The molecule has 1 heterocycles. The molecule has 0 spiro atoms. The van der Waals surface area contributed by atoms with Crippen LogP contribution in [0.15, 0.2) is 0 Å². The zero-order valence-corrected chi connectivity index (χ0v) is 8.55. The second-order valence-corrected chi connectivity index (χ2v) is 4.65. The van der Waals surface area contributed by atoms with Crippen molar-refractivity contribution in [3.05, 3.63) is 0 Å². The van der Waals surface area contributed by atoms with Gasteiger partial charge in [0.1, 0.15) is 0 Å². The van der Waals surface area contributed by atoms with Crippen molar-refractivity contribution in [2.75, 3.05) is 19.6 Å². The molecule has 0 bridgehead atoms. The number of aliphatic carboxylic acids is 1. The zero-order valence-electron chi connectivity index (χ0n) is 8.55. The summed E-state index contributed by atoms with van der Waals surface area (Å²) in [6.45, 7) is 7.38. The molecule has 3 nitrogen and oxygen atoms in total. The summed E-state index contributed by atoms with van der Waals surface area (Å²) >= 11 is 0. The quantitative estimate of drug-likeness (QED) is 0.725. The number of nitrogens with zero attached hydrogens (tertiary/aromatic N) is 1. The molecule has 1 N–H and O–H groups in total. The third-order valence-corrected chi connectivity index (χ3v) is 2.85. The molecule has 13 heavy (non-hydrogen) atoms. The minimum atomic E-state index is -0.690. The predicted octanol–water partition coefficient (Wildman–Crippen LogP) is 1.58. The number of hydrogen-bond donors (Lipinski definition) is 1. The number of piperidine rings is 1. The van der Waals surface area contributed by atoms with Gasteiger partial charge < -0.3 is 10.0 Å². The van der Waals surface area contributed by atoms with Gasteiger partial charge in [0.15, 0.2) is 0 Å². The Morgan fingerprint density at radius 3 is 2.38 bits per heavy atom. The predicted molar refractivity (Wildman–Crippen MR) is 51.7 cm³/mol. The van der Waals surface area contributed by atoms with Gasteiger partial charge in [0.2, 0.25) is 0 Å². The third kappa shape index (κ3) is 3.77. The molecule has 0 aromatic heterocycles. The maximum Gasteiger partial charge on any atom is 0.304 e. The number of hydrogen-bond acceptors (Lipinski definition) is 2. The molecule has 3 heteroatoms. The Morgan fingerprint density at radius 1 is 1.38 bits per heavy atom. The Hall–Kier alpha value is -0.570. The lowest BCUT2D eigenvalue weighted by Gasteiger charge is -2.36. The van der Waals surface area contributed by atoms with Crippen LogP contribution in [0.25, 0.3) is 0 Å². The SMILES string of the molecule is CC1(C)CCN(CCC(=O)O)CC1. The van der Waals surface area contributed by atoms with E-state index in [0.717, 1.165) is 13.1 Å². The standard InChI is InChI=1S/C10H19NO2/c1-10(2)4-7-11(8-5-10)6-3-9(12)13/h3-8H2,1-2H3,(H,12,13). The summed E-state index contributed by atoms with van der Waals surface area (Å²) in [6.07, 6.45) is 2.65. The first-order valence-electron chi connectivity index (χ1n) is 4.94. The van der Waals surface area contributed by atoms with Gasteiger partial charge in [-0.2, -0.15) is 0 Å². The van der Waals surface area contributed by atoms with Gasteiger partial charge in [-0.3, -0.25) is 4.79 Å². The van der Waals surface area contributed by atoms with Gasteiger partial charge in [-0.05, 0) is 31.3 Å². The van der Waals surface area contributed by atoms with E-state index in [0.29, 0.717) is 12.0 Å². The van der Waals surface area contributed by atoms with Crippen LogP contribution >= 0.6 is 0 Å². The average molecular weight is 185 g/mol. The van der Waals surface area contributed by atoms with Crippen LogP contribution in [-0.2, 0) is 4.79 Å². The molecule has 0 unspecified atom stereocenters. The molecular weight excluding hydrogens is 166 g/mol. The Kier molecular flexibility index (Phi) is 3.31. The van der Waals surface area contributed by atoms with E-state index >= 15 is 0 Å². The lowest BCUT2D eigenvalue weighted by atomic mass is 9.83. The molecule has 0 atom stereocenters. The monoisotopic (exact) mass is 185 g/mol. The second-order valence-electron chi connectivity index (χ2n) is 4.65. The average Bonchev–Trinajstić information content (AvgIpc) is 2.02. The normalized spacial score (nSPS) is 22.9. The van der Waals surface area contributed by atoms with Gasteiger partial charge in [0, 0.05) is 6.54 Å². The molecule has 1 rings (SSSR count). The second kappa shape index (κ2) is 4.09. The van der Waals surface area contributed by atoms with E-state index in [4.69, 9.17) is 5.11 Å². The summed E-state index contributed by atoms with van der Waals surface area (Å²) in [5, 5.41) is 8.52. The number of likely N-dealkylation sites (tertiary alicyclic amines) is 1. The summed E-state index contributed by atoms with van der Waals surface area (Å²) in [6, 6.07) is 0. The summed E-state index contributed by atoms with van der Waals surface area (Å²) in [5.41, 5.74) is 0.458. The molecule has 0 amide bonds. The molecule has 0 aromatic carbocycles. The number of rotatable bonds is 3. The van der Waals surface area contributed by atoms with Crippen LogP contribution in [0.4, 0.5) is 0 Å². The van der Waals surface area contributed by atoms with Crippen LogP contribution in [0.3, 0.4) is 0 Å². The Labute approximate surface area is 79.7 Å². The van der Waals surface area contributed by atoms with E-state index in [2.05, 4.69) is 18.7 Å². The maximum atomic E-state index is 10.3. The fraction of sp³-hybridized carbons (Fsp3) is 0.900. The highest BCUT2D eigenvalue weighted by atomic mass is 16.4. The lowest BCUT2D eigenvalue weighted by molar-refractivity contribution is -0.137. The van der Waals surface area contributed by atoms with Crippen molar-refractivity contribution in [1.82, 2.24) is 4.90 Å².